The molecule has 3 aromatic rings. The normalized spacial score (nSPS) is 14.8. The molecule has 0 saturated heterocycles. The van der Waals surface area contributed by atoms with Crippen LogP contribution in [0.2, 0.25) is 0 Å². The number of benzene rings is 2. The van der Waals surface area contributed by atoms with Gasteiger partial charge in [0.1, 0.15) is 17.3 Å². The van der Waals surface area contributed by atoms with E-state index in [9.17, 15) is 9.59 Å². The quantitative estimate of drug-likeness (QED) is 0.163. The Morgan fingerprint density at radius 2 is 1.71 bits per heavy atom. The van der Waals surface area contributed by atoms with Crippen LogP contribution in [0, 0.1) is 24.6 Å². The summed E-state index contributed by atoms with van der Waals surface area (Å²) < 4.78 is 26.4. The lowest BCUT2D eigenvalue weighted by Crippen LogP contribution is -2.36. The van der Waals surface area contributed by atoms with Crippen molar-refractivity contribution in [2.24, 2.45) is 11.8 Å². The highest BCUT2D eigenvalue weighted by molar-refractivity contribution is 5.91. The average Bonchev–Trinajstić information content (AvgIpc) is 3.78. The lowest BCUT2D eigenvalue weighted by Gasteiger charge is -2.31. The zero-order valence-electron chi connectivity index (χ0n) is 26.0. The van der Waals surface area contributed by atoms with Crippen LogP contribution in [0.5, 0.6) is 11.6 Å². The van der Waals surface area contributed by atoms with Crippen LogP contribution in [-0.2, 0) is 11.3 Å². The Morgan fingerprint density at radius 3 is 2.31 bits per heavy atom. The molecule has 1 aromatic heterocycles. The Bertz CT molecular complexity index is 1440. The molecule has 0 bridgehead atoms. The molecule has 2 atom stereocenters. The van der Waals surface area contributed by atoms with Crippen LogP contribution in [0.25, 0.3) is 11.1 Å². The highest BCUT2D eigenvalue weighted by Crippen LogP contribution is 2.47. The monoisotopic (exact) mass is 574 g/mol. The number of carbonyl (C=O) groups is 2. The van der Waals surface area contributed by atoms with Crippen LogP contribution in [0.15, 0.2) is 48.7 Å². The van der Waals surface area contributed by atoms with Crippen LogP contribution < -0.4 is 9.47 Å². The SMILES string of the molecule is COc1cc(-c2cc(C)c(OC(=O)c3cccc([C@H](C4CC4)[C@H](C)C(C)=O)c3)cc2CN(C(C)C)C(C)C)c(F)cn1. The molecule has 1 heterocycles. The highest BCUT2D eigenvalue weighted by Gasteiger charge is 2.37. The Labute approximate surface area is 249 Å². The zero-order chi connectivity index (χ0) is 30.7. The topological polar surface area (TPSA) is 68.7 Å². The molecule has 0 unspecified atom stereocenters. The van der Waals surface area contributed by atoms with E-state index in [-0.39, 0.29) is 29.7 Å². The van der Waals surface area contributed by atoms with E-state index < -0.39 is 11.8 Å². The van der Waals surface area contributed by atoms with Gasteiger partial charge in [-0.2, -0.15) is 0 Å². The number of rotatable bonds is 12. The molecule has 1 aliphatic rings. The number of esters is 1. The summed E-state index contributed by atoms with van der Waals surface area (Å²) in [6, 6.07) is 13.3. The Balaban J connectivity index is 1.72. The summed E-state index contributed by atoms with van der Waals surface area (Å²) in [5.41, 5.74) is 4.04. The number of hydrogen-bond donors (Lipinski definition) is 0. The summed E-state index contributed by atoms with van der Waals surface area (Å²) in [7, 11) is 1.50. The molecule has 0 radical (unpaired) electrons. The minimum absolute atomic E-state index is 0.0909. The lowest BCUT2D eigenvalue weighted by atomic mass is 9.81. The van der Waals surface area contributed by atoms with E-state index in [2.05, 4.69) is 37.6 Å². The maximum atomic E-state index is 15.1. The van der Waals surface area contributed by atoms with Crippen molar-refractivity contribution >= 4 is 11.8 Å². The van der Waals surface area contributed by atoms with Crippen molar-refractivity contribution in [3.63, 3.8) is 0 Å². The number of ketones is 1. The van der Waals surface area contributed by atoms with Crippen LogP contribution in [-0.4, -0.2) is 40.8 Å². The third-order valence-corrected chi connectivity index (χ3v) is 8.43. The number of pyridine rings is 1. The van der Waals surface area contributed by atoms with E-state index >= 15 is 4.39 Å². The molecule has 1 saturated carbocycles. The van der Waals surface area contributed by atoms with Gasteiger partial charge in [0.15, 0.2) is 0 Å². The maximum Gasteiger partial charge on any atom is 0.343 e. The fraction of sp³-hybridized carbons (Fsp3) is 0.457. The molecule has 1 fully saturated rings. The predicted octanol–water partition coefficient (Wildman–Crippen LogP) is 7.76. The van der Waals surface area contributed by atoms with E-state index in [1.54, 1.807) is 19.1 Å². The van der Waals surface area contributed by atoms with Crippen LogP contribution in [0.1, 0.15) is 87.4 Å². The molecule has 6 nitrogen and oxygen atoms in total. The van der Waals surface area contributed by atoms with Gasteiger partial charge in [0.05, 0.1) is 18.9 Å². The van der Waals surface area contributed by atoms with Crippen LogP contribution >= 0.6 is 0 Å². The second kappa shape index (κ2) is 13.2. The summed E-state index contributed by atoms with van der Waals surface area (Å²) in [5, 5.41) is 0. The number of aryl methyl sites for hydroxylation is 1. The number of methoxy groups -OCH3 is 1. The van der Waals surface area contributed by atoms with E-state index in [1.165, 1.54) is 13.3 Å². The van der Waals surface area contributed by atoms with Crippen molar-refractivity contribution in [3.8, 4) is 22.8 Å². The minimum Gasteiger partial charge on any atom is -0.481 e. The van der Waals surface area contributed by atoms with Crippen LogP contribution in [0.4, 0.5) is 4.39 Å². The van der Waals surface area contributed by atoms with Gasteiger partial charge in [0, 0.05) is 36.2 Å². The average molecular weight is 575 g/mol. The third-order valence-electron chi connectivity index (χ3n) is 8.43. The van der Waals surface area contributed by atoms with Crippen molar-refractivity contribution in [3.05, 3.63) is 76.7 Å². The first-order valence-corrected chi connectivity index (χ1v) is 14.8. The van der Waals surface area contributed by atoms with Gasteiger partial charge >= 0.3 is 5.97 Å². The first kappa shape index (κ1) is 31.4. The lowest BCUT2D eigenvalue weighted by molar-refractivity contribution is -0.121. The van der Waals surface area contributed by atoms with Gasteiger partial charge in [-0.05, 0) is 113 Å². The predicted molar refractivity (Wildman–Crippen MR) is 163 cm³/mol. The van der Waals surface area contributed by atoms with Crippen molar-refractivity contribution in [1.82, 2.24) is 9.88 Å². The van der Waals surface area contributed by atoms with E-state index in [1.807, 2.05) is 44.2 Å². The molecule has 0 amide bonds. The molecular weight excluding hydrogens is 531 g/mol. The number of nitrogens with zero attached hydrogens (tertiary/aromatic N) is 2. The standard InChI is InChI=1S/C35H43FN2O4/c1-20(2)38(21(3)4)19-28-16-32(22(5)14-29(28)30-17-33(41-8)37-18-31(30)36)42-35(40)27-11-9-10-26(15-27)34(25-12-13-25)23(6)24(7)39/h9-11,14-18,20-21,23,25,34H,12-13,19H2,1-8H3/t23-,34+/m1/s1. The van der Waals surface area contributed by atoms with Gasteiger partial charge in [0.25, 0.3) is 0 Å². The molecule has 0 N–H and O–H groups in total. The van der Waals surface area contributed by atoms with Crippen molar-refractivity contribution in [2.45, 2.75) is 85.9 Å². The number of halogens is 1. The van der Waals surface area contributed by atoms with Crippen LogP contribution in [0.3, 0.4) is 0 Å². The molecule has 7 heteroatoms. The van der Waals surface area contributed by atoms with Gasteiger partial charge in [-0.15, -0.1) is 0 Å². The number of Topliss-reactive ketones (excluding diaryl/α,β-unsaturated/α-hetero) is 1. The zero-order valence-corrected chi connectivity index (χ0v) is 26.0. The smallest absolute Gasteiger partial charge is 0.343 e. The van der Waals surface area contributed by atoms with Gasteiger partial charge in [-0.25, -0.2) is 14.2 Å². The largest absolute Gasteiger partial charge is 0.481 e. The second-order valence-corrected chi connectivity index (χ2v) is 12.1. The molecule has 4 rings (SSSR count). The molecule has 42 heavy (non-hydrogen) atoms. The number of ether oxygens (including phenoxy) is 2. The van der Waals surface area contributed by atoms with E-state index in [0.717, 1.165) is 24.0 Å². The summed E-state index contributed by atoms with van der Waals surface area (Å²) in [6.07, 6.45) is 3.36. The van der Waals surface area contributed by atoms with Gasteiger partial charge in [-0.1, -0.05) is 19.1 Å². The van der Waals surface area contributed by atoms with E-state index in [0.29, 0.717) is 46.3 Å². The van der Waals surface area contributed by atoms with Crippen molar-refractivity contribution in [1.29, 1.82) is 0 Å². The molecule has 2 aromatic carbocycles. The minimum atomic E-state index is -0.468. The Morgan fingerprint density at radius 1 is 1.02 bits per heavy atom. The summed E-state index contributed by atoms with van der Waals surface area (Å²) in [6.45, 7) is 14.5. The van der Waals surface area contributed by atoms with Crippen molar-refractivity contribution in [2.75, 3.05) is 7.11 Å². The van der Waals surface area contributed by atoms with Gasteiger partial charge < -0.3 is 9.47 Å². The third kappa shape index (κ3) is 7.06. The second-order valence-electron chi connectivity index (χ2n) is 12.1. The Hall–Kier alpha value is -3.58. The summed E-state index contributed by atoms with van der Waals surface area (Å²) in [5.74, 6) is 0.417. The van der Waals surface area contributed by atoms with E-state index in [4.69, 9.17) is 9.47 Å². The molecule has 224 valence electrons. The molecule has 0 spiro atoms. The Kier molecular flexibility index (Phi) is 9.82. The molecular formula is C35H43FN2O4. The van der Waals surface area contributed by atoms with Gasteiger partial charge in [0.2, 0.25) is 5.88 Å². The first-order valence-electron chi connectivity index (χ1n) is 14.8. The summed E-state index contributed by atoms with van der Waals surface area (Å²) >= 11 is 0. The summed E-state index contributed by atoms with van der Waals surface area (Å²) in [4.78, 5) is 32.0. The molecule has 0 aliphatic heterocycles. The maximum absolute atomic E-state index is 15.1. The number of hydrogen-bond acceptors (Lipinski definition) is 6. The van der Waals surface area contributed by atoms with Crippen molar-refractivity contribution < 1.29 is 23.5 Å². The van der Waals surface area contributed by atoms with Gasteiger partial charge in [-0.3, -0.25) is 9.69 Å². The highest BCUT2D eigenvalue weighted by atomic mass is 19.1. The number of aromatic nitrogens is 1. The fourth-order valence-corrected chi connectivity index (χ4v) is 5.83. The first-order chi connectivity index (χ1) is 19.9. The molecule has 1 aliphatic carbocycles. The fourth-order valence-electron chi connectivity index (χ4n) is 5.83. The number of carbonyl (C=O) groups excluding carboxylic acids is 2.